The Kier molecular flexibility index (Phi) is 10.5. The predicted octanol–water partition coefficient (Wildman–Crippen LogP) is 9.78. The van der Waals surface area contributed by atoms with E-state index in [1.54, 1.807) is 72.9 Å². The van der Waals surface area contributed by atoms with Crippen LogP contribution in [0.3, 0.4) is 0 Å². The maximum Gasteiger partial charge on any atom is 0.249 e. The zero-order chi connectivity index (χ0) is 35.3. The molecule has 0 unspecified atom stereocenters. The molecular formula is C40H41ClN2O6. The van der Waals surface area contributed by atoms with Crippen LogP contribution in [-0.2, 0) is 22.8 Å². The van der Waals surface area contributed by atoms with E-state index in [1.165, 1.54) is 0 Å². The number of imide groups is 1. The molecule has 0 saturated carbocycles. The highest BCUT2D eigenvalue weighted by Gasteiger charge is 2.42. The van der Waals surface area contributed by atoms with E-state index < -0.39 is 22.6 Å². The van der Waals surface area contributed by atoms with Crippen molar-refractivity contribution in [1.29, 1.82) is 0 Å². The van der Waals surface area contributed by atoms with Gasteiger partial charge >= 0.3 is 0 Å². The third kappa shape index (κ3) is 8.15. The molecule has 1 aromatic heterocycles. The number of nitrogens with zero attached hydrogens (tertiary/aromatic N) is 2. The number of halogens is 1. The highest BCUT2D eigenvalue weighted by molar-refractivity contribution is 6.32. The minimum Gasteiger partial charge on any atom is -0.497 e. The number of anilines is 1. The van der Waals surface area contributed by atoms with E-state index in [2.05, 4.69) is 5.16 Å². The number of hydrogen-bond acceptors (Lipinski definition) is 7. The van der Waals surface area contributed by atoms with Crippen LogP contribution in [0.4, 0.5) is 5.88 Å². The predicted molar refractivity (Wildman–Crippen MR) is 192 cm³/mol. The third-order valence-electron chi connectivity index (χ3n) is 7.71. The summed E-state index contributed by atoms with van der Waals surface area (Å²) in [6, 6.07) is 30.2. The fourth-order valence-corrected chi connectivity index (χ4v) is 5.22. The summed E-state index contributed by atoms with van der Waals surface area (Å²) in [7, 11) is 1.58. The normalized spacial score (nSPS) is 11.6. The second-order valence-electron chi connectivity index (χ2n) is 13.7. The van der Waals surface area contributed by atoms with Crippen molar-refractivity contribution in [2.45, 2.75) is 54.8 Å². The quantitative estimate of drug-likeness (QED) is 0.145. The summed E-state index contributed by atoms with van der Waals surface area (Å²) in [5.41, 5.74) is 1.94. The van der Waals surface area contributed by atoms with Crippen LogP contribution in [0, 0.1) is 10.8 Å². The van der Waals surface area contributed by atoms with Gasteiger partial charge in [0.05, 0.1) is 17.7 Å². The van der Waals surface area contributed by atoms with Crippen molar-refractivity contribution in [1.82, 2.24) is 5.16 Å². The van der Waals surface area contributed by atoms with Gasteiger partial charge in [0.1, 0.15) is 36.2 Å². The first kappa shape index (κ1) is 35.2. The first-order valence-corrected chi connectivity index (χ1v) is 16.4. The van der Waals surface area contributed by atoms with Gasteiger partial charge < -0.3 is 18.7 Å². The number of amides is 2. The van der Waals surface area contributed by atoms with Crippen LogP contribution in [0.2, 0.25) is 5.02 Å². The smallest absolute Gasteiger partial charge is 0.249 e. The number of methoxy groups -OCH3 is 1. The van der Waals surface area contributed by atoms with Gasteiger partial charge in [0.2, 0.25) is 17.7 Å². The highest BCUT2D eigenvalue weighted by atomic mass is 35.5. The van der Waals surface area contributed by atoms with E-state index >= 15 is 0 Å². The molecule has 0 aliphatic carbocycles. The number of aromatic nitrogens is 1. The van der Waals surface area contributed by atoms with Crippen molar-refractivity contribution in [2.75, 3.05) is 12.0 Å². The fourth-order valence-electron chi connectivity index (χ4n) is 5.00. The summed E-state index contributed by atoms with van der Waals surface area (Å²) >= 11 is 6.89. The largest absolute Gasteiger partial charge is 0.497 e. The summed E-state index contributed by atoms with van der Waals surface area (Å²) in [5, 5.41) is 4.82. The summed E-state index contributed by atoms with van der Waals surface area (Å²) in [6.07, 6.45) is 0. The van der Waals surface area contributed by atoms with Crippen LogP contribution in [0.5, 0.6) is 17.2 Å². The average Bonchev–Trinajstić information content (AvgIpc) is 3.51. The van der Waals surface area contributed by atoms with Crippen molar-refractivity contribution in [3.05, 3.63) is 113 Å². The number of carbonyl (C=O) groups is 2. The standard InChI is InChI=1S/C40H41ClN2O6/c1-39(2,3)37(44)43(38(45)40(4,5)6)36-34(28-18-20-29(46-7)21-19-28)35(42-49-36)30-22-31(41)33(48-25-27-16-12-9-13-17-27)23-32(30)47-24-26-14-10-8-11-15-26/h8-23H,24-25H2,1-7H3. The lowest BCUT2D eigenvalue weighted by molar-refractivity contribution is -0.135. The van der Waals surface area contributed by atoms with Gasteiger partial charge in [-0.1, -0.05) is 131 Å². The Bertz CT molecular complexity index is 1880. The highest BCUT2D eigenvalue weighted by Crippen LogP contribution is 2.47. The zero-order valence-corrected chi connectivity index (χ0v) is 29.6. The van der Waals surface area contributed by atoms with Crippen molar-refractivity contribution in [2.24, 2.45) is 10.8 Å². The topological polar surface area (TPSA) is 91.1 Å². The minimum absolute atomic E-state index is 0.00504. The van der Waals surface area contributed by atoms with Gasteiger partial charge in [0.15, 0.2) is 0 Å². The van der Waals surface area contributed by atoms with Gasteiger partial charge in [-0.05, 0) is 34.9 Å². The van der Waals surface area contributed by atoms with E-state index in [-0.39, 0.29) is 12.5 Å². The van der Waals surface area contributed by atoms with E-state index in [9.17, 15) is 9.59 Å². The van der Waals surface area contributed by atoms with Crippen molar-refractivity contribution < 1.29 is 28.3 Å². The van der Waals surface area contributed by atoms with Crippen LogP contribution in [0.15, 0.2) is 102 Å². The Balaban J connectivity index is 1.71. The lowest BCUT2D eigenvalue weighted by Crippen LogP contribution is -2.48. The molecule has 1 heterocycles. The van der Waals surface area contributed by atoms with Gasteiger partial charge in [-0.15, -0.1) is 0 Å². The summed E-state index contributed by atoms with van der Waals surface area (Å²) in [6.45, 7) is 11.1. The Hall–Kier alpha value is -5.08. The van der Waals surface area contributed by atoms with Crippen LogP contribution < -0.4 is 19.1 Å². The van der Waals surface area contributed by atoms with Gasteiger partial charge in [-0.3, -0.25) is 9.59 Å². The molecule has 0 radical (unpaired) electrons. The lowest BCUT2D eigenvalue weighted by atomic mass is 9.89. The Morgan fingerprint density at radius 3 is 1.73 bits per heavy atom. The van der Waals surface area contributed by atoms with Crippen LogP contribution in [-0.4, -0.2) is 24.1 Å². The van der Waals surface area contributed by atoms with Gasteiger partial charge in [-0.2, -0.15) is 0 Å². The average molecular weight is 681 g/mol. The molecule has 4 aromatic carbocycles. The molecule has 2 amide bonds. The Labute approximate surface area is 292 Å². The summed E-state index contributed by atoms with van der Waals surface area (Å²) in [5.74, 6) is 0.587. The monoisotopic (exact) mass is 680 g/mol. The first-order valence-electron chi connectivity index (χ1n) is 16.0. The second-order valence-corrected chi connectivity index (χ2v) is 14.1. The molecule has 5 aromatic rings. The number of benzene rings is 4. The molecule has 0 spiro atoms. The molecule has 0 saturated heterocycles. The zero-order valence-electron chi connectivity index (χ0n) is 28.9. The molecule has 49 heavy (non-hydrogen) atoms. The molecule has 0 fully saturated rings. The number of ether oxygens (including phenoxy) is 3. The van der Waals surface area contributed by atoms with E-state index in [4.69, 9.17) is 30.3 Å². The van der Waals surface area contributed by atoms with E-state index in [0.717, 1.165) is 16.0 Å². The molecular weight excluding hydrogens is 640 g/mol. The van der Waals surface area contributed by atoms with Crippen molar-refractivity contribution in [3.63, 3.8) is 0 Å². The van der Waals surface area contributed by atoms with Crippen LogP contribution in [0.25, 0.3) is 22.4 Å². The van der Waals surface area contributed by atoms with E-state index in [1.807, 2.05) is 72.8 Å². The Morgan fingerprint density at radius 2 is 1.24 bits per heavy atom. The SMILES string of the molecule is COc1ccc(-c2c(-c3cc(Cl)c(OCc4ccccc4)cc3OCc3ccccc3)noc2N(C(=O)C(C)(C)C)C(=O)C(C)(C)C)cc1. The summed E-state index contributed by atoms with van der Waals surface area (Å²) < 4.78 is 24.0. The van der Waals surface area contributed by atoms with E-state index in [0.29, 0.717) is 51.3 Å². The second kappa shape index (κ2) is 14.6. The van der Waals surface area contributed by atoms with Gasteiger partial charge in [-0.25, -0.2) is 4.90 Å². The maximum absolute atomic E-state index is 14.0. The third-order valence-corrected chi connectivity index (χ3v) is 8.00. The molecule has 0 bridgehead atoms. The molecule has 8 nitrogen and oxygen atoms in total. The number of hydrogen-bond donors (Lipinski definition) is 0. The number of rotatable bonds is 10. The molecule has 9 heteroatoms. The van der Waals surface area contributed by atoms with Gasteiger partial charge in [0.25, 0.3) is 0 Å². The molecule has 0 atom stereocenters. The maximum atomic E-state index is 14.0. The molecule has 0 N–H and O–H groups in total. The first-order chi connectivity index (χ1) is 23.3. The number of carbonyl (C=O) groups excluding carboxylic acids is 2. The summed E-state index contributed by atoms with van der Waals surface area (Å²) in [4.78, 5) is 29.2. The molecule has 0 aliphatic heterocycles. The Morgan fingerprint density at radius 1 is 0.735 bits per heavy atom. The lowest BCUT2D eigenvalue weighted by Gasteiger charge is -2.31. The van der Waals surface area contributed by atoms with Crippen LogP contribution >= 0.6 is 11.6 Å². The molecule has 5 rings (SSSR count). The fraction of sp³-hybridized carbons (Fsp3) is 0.275. The molecule has 254 valence electrons. The van der Waals surface area contributed by atoms with Crippen molar-refractivity contribution in [3.8, 4) is 39.6 Å². The molecule has 0 aliphatic rings. The van der Waals surface area contributed by atoms with Crippen LogP contribution in [0.1, 0.15) is 52.7 Å². The minimum atomic E-state index is -0.921. The van der Waals surface area contributed by atoms with Crippen molar-refractivity contribution >= 4 is 29.3 Å². The van der Waals surface area contributed by atoms with Gasteiger partial charge in [0, 0.05) is 22.5 Å².